The average Bonchev–Trinajstić information content (AvgIpc) is 2.89. The van der Waals surface area contributed by atoms with Gasteiger partial charge in [-0.05, 0) is 26.0 Å². The number of nitrogen functional groups attached to an aromatic ring is 1. The van der Waals surface area contributed by atoms with E-state index in [9.17, 15) is 0 Å². The van der Waals surface area contributed by atoms with Crippen LogP contribution in [0.4, 0.5) is 5.69 Å². The number of aryl methyl sites for hydroxylation is 2. The highest BCUT2D eigenvalue weighted by Crippen LogP contribution is 2.28. The molecule has 4 heteroatoms. The van der Waals surface area contributed by atoms with E-state index in [1.807, 2.05) is 24.3 Å². The van der Waals surface area contributed by atoms with Crippen molar-refractivity contribution in [2.24, 2.45) is 0 Å². The molecule has 0 aliphatic carbocycles. The Morgan fingerprint density at radius 1 is 1.09 bits per heavy atom. The lowest BCUT2D eigenvalue weighted by molar-refractivity contribution is 0.322. The van der Waals surface area contributed by atoms with Crippen LogP contribution < -0.4 is 10.5 Å². The number of aromatic nitrogens is 1. The third kappa shape index (κ3) is 3.90. The number of hydrogen-bond donors (Lipinski definition) is 1. The number of nitrogens with zero attached hydrogens (tertiary/aromatic N) is 1. The summed E-state index contributed by atoms with van der Waals surface area (Å²) in [6, 6.07) is 16.0. The largest absolute Gasteiger partial charge is 0.493 e. The Kier molecular flexibility index (Phi) is 4.63. The van der Waals surface area contributed by atoms with Gasteiger partial charge in [0.1, 0.15) is 5.75 Å². The van der Waals surface area contributed by atoms with Crippen LogP contribution in [-0.2, 0) is 6.42 Å². The topological polar surface area (TPSA) is 48.1 Å². The molecule has 1 heterocycles. The first kappa shape index (κ1) is 15.6. The van der Waals surface area contributed by atoms with Gasteiger partial charge in [0, 0.05) is 28.6 Å². The Balaban J connectivity index is 1.65. The van der Waals surface area contributed by atoms with Gasteiger partial charge in [0.2, 0.25) is 0 Å². The van der Waals surface area contributed by atoms with E-state index in [2.05, 4.69) is 38.1 Å². The minimum absolute atomic E-state index is 0.601. The lowest BCUT2D eigenvalue weighted by Gasteiger charge is -2.05. The number of ether oxygens (including phenoxy) is 1. The monoisotopic (exact) mass is 324 g/mol. The molecule has 0 bridgehead atoms. The molecule has 0 unspecified atom stereocenters. The Labute approximate surface area is 140 Å². The molecule has 3 rings (SSSR count). The SMILES string of the molecule is Cc1ccc(-c2nc(CCOc3cccc(N)c3)sc2C)cc1. The van der Waals surface area contributed by atoms with Crippen LogP contribution in [0.1, 0.15) is 15.4 Å². The van der Waals surface area contributed by atoms with E-state index in [-0.39, 0.29) is 0 Å². The van der Waals surface area contributed by atoms with Crippen LogP contribution in [0, 0.1) is 13.8 Å². The van der Waals surface area contributed by atoms with E-state index < -0.39 is 0 Å². The van der Waals surface area contributed by atoms with Crippen molar-refractivity contribution in [2.45, 2.75) is 20.3 Å². The number of thiazole rings is 1. The van der Waals surface area contributed by atoms with Crippen molar-refractivity contribution >= 4 is 17.0 Å². The summed E-state index contributed by atoms with van der Waals surface area (Å²) in [5, 5.41) is 1.10. The smallest absolute Gasteiger partial charge is 0.121 e. The second-order valence-corrected chi connectivity index (χ2v) is 6.84. The predicted octanol–water partition coefficient (Wildman–Crippen LogP) is 4.63. The molecule has 0 radical (unpaired) electrons. The first-order valence-electron chi connectivity index (χ1n) is 7.63. The minimum Gasteiger partial charge on any atom is -0.493 e. The number of hydrogen-bond acceptors (Lipinski definition) is 4. The molecule has 1 aromatic heterocycles. The lowest BCUT2D eigenvalue weighted by atomic mass is 10.1. The molecule has 2 aromatic carbocycles. The van der Waals surface area contributed by atoms with Crippen LogP contribution in [0.2, 0.25) is 0 Å². The Hall–Kier alpha value is -2.33. The van der Waals surface area contributed by atoms with Crippen LogP contribution in [0.3, 0.4) is 0 Å². The molecule has 0 aliphatic rings. The third-order valence-corrected chi connectivity index (χ3v) is 4.64. The standard InChI is InChI=1S/C19H20N2OS/c1-13-6-8-15(9-7-13)19-14(2)23-18(21-19)10-11-22-17-5-3-4-16(20)12-17/h3-9,12H,10-11,20H2,1-2H3. The van der Waals surface area contributed by atoms with Gasteiger partial charge in [-0.2, -0.15) is 0 Å². The highest BCUT2D eigenvalue weighted by molar-refractivity contribution is 7.12. The highest BCUT2D eigenvalue weighted by Gasteiger charge is 2.10. The highest BCUT2D eigenvalue weighted by atomic mass is 32.1. The van der Waals surface area contributed by atoms with Gasteiger partial charge < -0.3 is 10.5 Å². The van der Waals surface area contributed by atoms with Gasteiger partial charge in [-0.1, -0.05) is 35.9 Å². The molecule has 0 amide bonds. The summed E-state index contributed by atoms with van der Waals surface area (Å²) in [6.45, 7) is 4.82. The number of rotatable bonds is 5. The fourth-order valence-electron chi connectivity index (χ4n) is 2.40. The van der Waals surface area contributed by atoms with Crippen molar-refractivity contribution < 1.29 is 4.74 Å². The van der Waals surface area contributed by atoms with E-state index >= 15 is 0 Å². The van der Waals surface area contributed by atoms with Gasteiger partial charge in [0.05, 0.1) is 17.3 Å². The minimum atomic E-state index is 0.601. The molecule has 0 saturated carbocycles. The zero-order valence-corrected chi connectivity index (χ0v) is 14.2. The molecule has 0 atom stereocenters. The summed E-state index contributed by atoms with van der Waals surface area (Å²) in [4.78, 5) is 6.02. The number of anilines is 1. The zero-order valence-electron chi connectivity index (χ0n) is 13.4. The second-order valence-electron chi connectivity index (χ2n) is 5.55. The number of benzene rings is 2. The van der Waals surface area contributed by atoms with Crippen molar-refractivity contribution in [1.82, 2.24) is 4.98 Å². The summed E-state index contributed by atoms with van der Waals surface area (Å²) in [7, 11) is 0. The van der Waals surface area contributed by atoms with Crippen molar-refractivity contribution in [1.29, 1.82) is 0 Å². The summed E-state index contributed by atoms with van der Waals surface area (Å²) < 4.78 is 5.75. The molecule has 2 N–H and O–H groups in total. The van der Waals surface area contributed by atoms with Crippen molar-refractivity contribution in [2.75, 3.05) is 12.3 Å². The van der Waals surface area contributed by atoms with E-state index in [0.717, 1.165) is 22.9 Å². The van der Waals surface area contributed by atoms with Crippen LogP contribution in [0.5, 0.6) is 5.75 Å². The summed E-state index contributed by atoms with van der Waals surface area (Å²) >= 11 is 1.74. The van der Waals surface area contributed by atoms with Crippen LogP contribution in [-0.4, -0.2) is 11.6 Å². The molecule has 3 aromatic rings. The molecular weight excluding hydrogens is 304 g/mol. The Morgan fingerprint density at radius 2 is 1.87 bits per heavy atom. The normalized spacial score (nSPS) is 10.7. The fraction of sp³-hybridized carbons (Fsp3) is 0.211. The molecule has 0 fully saturated rings. The van der Waals surface area contributed by atoms with Gasteiger partial charge in [-0.25, -0.2) is 4.98 Å². The molecular formula is C19H20N2OS. The maximum absolute atomic E-state index is 5.75. The maximum atomic E-state index is 5.75. The van der Waals surface area contributed by atoms with Gasteiger partial charge in [-0.3, -0.25) is 0 Å². The Bertz CT molecular complexity index is 793. The molecule has 118 valence electrons. The van der Waals surface area contributed by atoms with Gasteiger partial charge in [-0.15, -0.1) is 11.3 Å². The zero-order chi connectivity index (χ0) is 16.2. The average molecular weight is 324 g/mol. The lowest BCUT2D eigenvalue weighted by Crippen LogP contribution is -2.01. The predicted molar refractivity (Wildman–Crippen MR) is 97.1 cm³/mol. The van der Waals surface area contributed by atoms with E-state index in [1.165, 1.54) is 16.0 Å². The van der Waals surface area contributed by atoms with Gasteiger partial charge in [0.15, 0.2) is 0 Å². The summed E-state index contributed by atoms with van der Waals surface area (Å²) in [5.74, 6) is 0.803. The molecule has 0 saturated heterocycles. The molecule has 23 heavy (non-hydrogen) atoms. The van der Waals surface area contributed by atoms with Crippen LogP contribution >= 0.6 is 11.3 Å². The van der Waals surface area contributed by atoms with Gasteiger partial charge >= 0.3 is 0 Å². The van der Waals surface area contributed by atoms with Crippen molar-refractivity contribution in [3.8, 4) is 17.0 Å². The van der Waals surface area contributed by atoms with Crippen LogP contribution in [0.15, 0.2) is 48.5 Å². The number of nitrogens with two attached hydrogens (primary N) is 1. The molecule has 0 spiro atoms. The third-order valence-electron chi connectivity index (χ3n) is 3.61. The van der Waals surface area contributed by atoms with E-state index in [1.54, 1.807) is 11.3 Å². The van der Waals surface area contributed by atoms with E-state index in [0.29, 0.717) is 12.3 Å². The first-order valence-corrected chi connectivity index (χ1v) is 8.45. The Morgan fingerprint density at radius 3 is 2.61 bits per heavy atom. The van der Waals surface area contributed by atoms with Crippen molar-refractivity contribution in [3.05, 3.63) is 64.0 Å². The second kappa shape index (κ2) is 6.84. The maximum Gasteiger partial charge on any atom is 0.121 e. The molecule has 0 aliphatic heterocycles. The summed E-state index contributed by atoms with van der Waals surface area (Å²) in [6.07, 6.45) is 0.798. The quantitative estimate of drug-likeness (QED) is 0.696. The van der Waals surface area contributed by atoms with Crippen LogP contribution in [0.25, 0.3) is 11.3 Å². The molecule has 3 nitrogen and oxygen atoms in total. The van der Waals surface area contributed by atoms with Crippen molar-refractivity contribution in [3.63, 3.8) is 0 Å². The first-order chi connectivity index (χ1) is 11.1. The van der Waals surface area contributed by atoms with Gasteiger partial charge in [0.25, 0.3) is 0 Å². The van der Waals surface area contributed by atoms with E-state index in [4.69, 9.17) is 15.5 Å². The summed E-state index contributed by atoms with van der Waals surface area (Å²) in [5.41, 5.74) is 9.98. The fourth-order valence-corrected chi connectivity index (χ4v) is 3.33.